The first-order valence-corrected chi connectivity index (χ1v) is 9.44. The Balaban J connectivity index is 1.95. The van der Waals surface area contributed by atoms with E-state index in [1.165, 1.54) is 22.9 Å². The highest BCUT2D eigenvalue weighted by Gasteiger charge is 2.21. The third kappa shape index (κ3) is 4.06. The number of nitrogens with zero attached hydrogens (tertiary/aromatic N) is 3. The van der Waals surface area contributed by atoms with Crippen molar-refractivity contribution in [2.24, 2.45) is 0 Å². The number of esters is 1. The van der Waals surface area contributed by atoms with Gasteiger partial charge in [0.2, 0.25) is 5.43 Å². The number of rotatable bonds is 6. The fourth-order valence-corrected chi connectivity index (χ4v) is 3.50. The van der Waals surface area contributed by atoms with E-state index in [-0.39, 0.29) is 22.0 Å². The van der Waals surface area contributed by atoms with Gasteiger partial charge in [-0.3, -0.25) is 19.6 Å². The number of hydrogen-bond acceptors (Lipinski definition) is 7. The van der Waals surface area contributed by atoms with E-state index in [0.29, 0.717) is 17.8 Å². The van der Waals surface area contributed by atoms with Crippen LogP contribution in [0.5, 0.6) is 0 Å². The summed E-state index contributed by atoms with van der Waals surface area (Å²) in [6.45, 7) is 7.27. The van der Waals surface area contributed by atoms with Gasteiger partial charge < -0.3 is 4.74 Å². The molecule has 1 N–H and O–H groups in total. The van der Waals surface area contributed by atoms with E-state index in [4.69, 9.17) is 4.74 Å². The number of nitrogens with one attached hydrogen (secondary N) is 1. The zero-order chi connectivity index (χ0) is 21.1. The fourth-order valence-electron chi connectivity index (χ4n) is 2.65. The maximum atomic E-state index is 13.6. The van der Waals surface area contributed by atoms with Crippen LogP contribution in [0.25, 0.3) is 10.9 Å². The molecule has 0 aliphatic rings. The molecule has 3 aromatic rings. The second-order valence-electron chi connectivity index (χ2n) is 5.93. The molecule has 0 aliphatic carbocycles. The number of halogens is 1. The zero-order valence-corrected chi connectivity index (χ0v) is 16.5. The maximum absolute atomic E-state index is 13.6. The number of thiazole rings is 1. The highest BCUT2D eigenvalue weighted by molar-refractivity contribution is 7.17. The van der Waals surface area contributed by atoms with Gasteiger partial charge in [-0.2, -0.15) is 5.10 Å². The van der Waals surface area contributed by atoms with Crippen LogP contribution >= 0.6 is 11.3 Å². The minimum atomic E-state index is -0.803. The Morgan fingerprint density at radius 3 is 2.86 bits per heavy atom. The summed E-state index contributed by atoms with van der Waals surface area (Å²) >= 11 is 0.914. The summed E-state index contributed by atoms with van der Waals surface area (Å²) in [7, 11) is 0. The Bertz CT molecular complexity index is 1180. The quantitative estimate of drug-likeness (QED) is 0.490. The SMILES string of the molecule is C=CCOC(=O)c1sc(NC(=O)c2nn(CC)c3ccc(F)cc3c2=O)nc1C. The van der Waals surface area contributed by atoms with Gasteiger partial charge in [0.05, 0.1) is 16.6 Å². The lowest BCUT2D eigenvalue weighted by Gasteiger charge is -2.09. The normalized spacial score (nSPS) is 10.7. The van der Waals surface area contributed by atoms with Crippen LogP contribution in [0.15, 0.2) is 35.6 Å². The topological polar surface area (TPSA) is 103 Å². The number of fused-ring (bicyclic) bond motifs is 1. The molecule has 1 amide bonds. The Labute approximate surface area is 168 Å². The van der Waals surface area contributed by atoms with Crippen molar-refractivity contribution in [1.29, 1.82) is 0 Å². The molecule has 0 saturated carbocycles. The Hall–Kier alpha value is -3.40. The van der Waals surface area contributed by atoms with Crippen LogP contribution in [0.2, 0.25) is 0 Å². The van der Waals surface area contributed by atoms with Crippen molar-refractivity contribution < 1.29 is 18.7 Å². The summed E-state index contributed by atoms with van der Waals surface area (Å²) in [5.41, 5.74) is -0.291. The lowest BCUT2D eigenvalue weighted by Crippen LogP contribution is -2.27. The van der Waals surface area contributed by atoms with Gasteiger partial charge in [-0.25, -0.2) is 14.2 Å². The summed E-state index contributed by atoms with van der Waals surface area (Å²) in [5, 5.41) is 6.73. The van der Waals surface area contributed by atoms with Gasteiger partial charge in [0.15, 0.2) is 10.8 Å². The van der Waals surface area contributed by atoms with Crippen LogP contribution in [0.1, 0.15) is 32.8 Å². The molecular weight excluding hydrogens is 399 g/mol. The largest absolute Gasteiger partial charge is 0.457 e. The molecule has 0 radical (unpaired) electrons. The number of aryl methyl sites for hydroxylation is 2. The number of carbonyl (C=O) groups is 2. The van der Waals surface area contributed by atoms with E-state index in [9.17, 15) is 18.8 Å². The number of ether oxygens (including phenoxy) is 1. The molecule has 2 aromatic heterocycles. The molecule has 0 fully saturated rings. The molecule has 0 unspecified atom stereocenters. The predicted molar refractivity (Wildman–Crippen MR) is 107 cm³/mol. The highest BCUT2D eigenvalue weighted by Crippen LogP contribution is 2.24. The van der Waals surface area contributed by atoms with E-state index in [1.54, 1.807) is 13.8 Å². The van der Waals surface area contributed by atoms with Crippen molar-refractivity contribution in [2.45, 2.75) is 20.4 Å². The van der Waals surface area contributed by atoms with Crippen LogP contribution in [0, 0.1) is 12.7 Å². The number of amides is 1. The number of carbonyl (C=O) groups excluding carboxylic acids is 2. The molecule has 0 aliphatic heterocycles. The molecular formula is C19H17FN4O4S. The summed E-state index contributed by atoms with van der Waals surface area (Å²) in [6.07, 6.45) is 1.43. The van der Waals surface area contributed by atoms with Gasteiger partial charge in [-0.05, 0) is 32.0 Å². The van der Waals surface area contributed by atoms with Gasteiger partial charge in [0.25, 0.3) is 5.91 Å². The van der Waals surface area contributed by atoms with E-state index in [1.807, 2.05) is 0 Å². The standard InChI is InChI=1S/C19H17FN4O4S/c1-4-8-28-18(27)16-10(3)21-19(29-16)22-17(26)14-15(25)12-9-11(20)6-7-13(12)24(5-2)23-14/h4,6-7,9H,1,5,8H2,2-3H3,(H,21,22,26). The monoisotopic (exact) mass is 416 g/mol. The lowest BCUT2D eigenvalue weighted by molar-refractivity contribution is 0.0554. The zero-order valence-electron chi connectivity index (χ0n) is 15.7. The predicted octanol–water partition coefficient (Wildman–Crippen LogP) is 2.92. The fraction of sp³-hybridized carbons (Fsp3) is 0.211. The second kappa shape index (κ2) is 8.31. The first kappa shape index (κ1) is 20.3. The molecule has 3 rings (SSSR count). The third-order valence-electron chi connectivity index (χ3n) is 3.97. The third-order valence-corrected chi connectivity index (χ3v) is 5.02. The molecule has 8 nitrogen and oxygen atoms in total. The summed E-state index contributed by atoms with van der Waals surface area (Å²) in [4.78, 5) is 41.7. The Morgan fingerprint density at radius 1 is 1.41 bits per heavy atom. The van der Waals surface area contributed by atoms with E-state index >= 15 is 0 Å². The molecule has 0 atom stereocenters. The number of benzene rings is 1. The smallest absolute Gasteiger partial charge is 0.350 e. The molecule has 10 heteroatoms. The lowest BCUT2D eigenvalue weighted by atomic mass is 10.2. The van der Waals surface area contributed by atoms with Crippen LogP contribution in [0.3, 0.4) is 0 Å². The van der Waals surface area contributed by atoms with Gasteiger partial charge in [0, 0.05) is 6.54 Å². The van der Waals surface area contributed by atoms with Gasteiger partial charge in [-0.15, -0.1) is 0 Å². The molecule has 0 spiro atoms. The van der Waals surface area contributed by atoms with Gasteiger partial charge >= 0.3 is 5.97 Å². The Kier molecular flexibility index (Phi) is 5.83. The van der Waals surface area contributed by atoms with Gasteiger partial charge in [0.1, 0.15) is 17.3 Å². The average Bonchev–Trinajstić information content (AvgIpc) is 3.06. The van der Waals surface area contributed by atoms with Crippen LogP contribution in [-0.4, -0.2) is 33.2 Å². The van der Waals surface area contributed by atoms with Crippen LogP contribution in [-0.2, 0) is 11.3 Å². The number of anilines is 1. The molecule has 1 aromatic carbocycles. The van der Waals surface area contributed by atoms with Crippen LogP contribution in [0.4, 0.5) is 9.52 Å². The maximum Gasteiger partial charge on any atom is 0.350 e. The van der Waals surface area contributed by atoms with Crippen molar-refractivity contribution >= 4 is 39.2 Å². The minimum Gasteiger partial charge on any atom is -0.457 e. The van der Waals surface area contributed by atoms with E-state index < -0.39 is 28.8 Å². The second-order valence-corrected chi connectivity index (χ2v) is 6.93. The van der Waals surface area contributed by atoms with E-state index in [0.717, 1.165) is 17.4 Å². The molecule has 0 bridgehead atoms. The van der Waals surface area contributed by atoms with Gasteiger partial charge in [-0.1, -0.05) is 24.0 Å². The first-order chi connectivity index (χ1) is 13.8. The minimum absolute atomic E-state index is 0.0476. The highest BCUT2D eigenvalue weighted by atomic mass is 32.1. The van der Waals surface area contributed by atoms with Crippen molar-refractivity contribution in [2.75, 3.05) is 11.9 Å². The van der Waals surface area contributed by atoms with Crippen molar-refractivity contribution in [1.82, 2.24) is 14.8 Å². The first-order valence-electron chi connectivity index (χ1n) is 8.62. The summed E-state index contributed by atoms with van der Waals surface area (Å²) in [6, 6.07) is 3.74. The summed E-state index contributed by atoms with van der Waals surface area (Å²) < 4.78 is 20.0. The van der Waals surface area contributed by atoms with E-state index in [2.05, 4.69) is 22.0 Å². The average molecular weight is 416 g/mol. The van der Waals surface area contributed by atoms with Crippen molar-refractivity contribution in [3.05, 3.63) is 63.2 Å². The van der Waals surface area contributed by atoms with Crippen LogP contribution < -0.4 is 10.7 Å². The van der Waals surface area contributed by atoms with Crippen molar-refractivity contribution in [3.63, 3.8) is 0 Å². The molecule has 29 heavy (non-hydrogen) atoms. The number of aromatic nitrogens is 3. The molecule has 0 saturated heterocycles. The summed E-state index contributed by atoms with van der Waals surface area (Å²) in [5.74, 6) is -1.98. The number of hydrogen-bond donors (Lipinski definition) is 1. The molecule has 150 valence electrons. The van der Waals surface area contributed by atoms with Crippen molar-refractivity contribution in [3.8, 4) is 0 Å². The Morgan fingerprint density at radius 2 is 2.17 bits per heavy atom. The molecule has 2 heterocycles.